The predicted octanol–water partition coefficient (Wildman–Crippen LogP) is 5.42. The van der Waals surface area contributed by atoms with Gasteiger partial charge in [0.15, 0.2) is 5.82 Å². The van der Waals surface area contributed by atoms with E-state index in [1.54, 1.807) is 0 Å². The monoisotopic (exact) mass is 561 g/mol. The van der Waals surface area contributed by atoms with E-state index < -0.39 is 93.7 Å². The van der Waals surface area contributed by atoms with Gasteiger partial charge in [-0.25, -0.2) is 13.6 Å². The van der Waals surface area contributed by atoms with Gasteiger partial charge in [0.2, 0.25) is 5.91 Å². The number of carbonyl (C=O) groups excluding carboxylic acids is 3. The molecule has 17 heteroatoms. The molecule has 0 spiro atoms. The van der Waals surface area contributed by atoms with Crippen LogP contribution in [0.4, 0.5) is 51.3 Å². The van der Waals surface area contributed by atoms with Gasteiger partial charge in [-0.05, 0) is 24.3 Å². The van der Waals surface area contributed by atoms with Crippen molar-refractivity contribution >= 4 is 46.8 Å². The van der Waals surface area contributed by atoms with Crippen molar-refractivity contribution in [1.82, 2.24) is 5.32 Å². The molecular formula is C20H12ClF8N3O5. The zero-order valence-electron chi connectivity index (χ0n) is 17.7. The highest BCUT2D eigenvalue weighted by atomic mass is 35.5. The maximum absolute atomic E-state index is 14.6. The molecule has 2 aromatic carbocycles. The molecule has 0 aromatic heterocycles. The van der Waals surface area contributed by atoms with E-state index in [0.717, 1.165) is 0 Å². The first-order chi connectivity index (χ1) is 16.9. The highest BCUT2D eigenvalue weighted by Gasteiger charge is 2.39. The summed E-state index contributed by atoms with van der Waals surface area (Å²) in [5.74, 6) is -7.51. The lowest BCUT2D eigenvalue weighted by Gasteiger charge is -2.17. The molecule has 2 rings (SSSR count). The highest BCUT2D eigenvalue weighted by Crippen LogP contribution is 2.42. The lowest BCUT2D eigenvalue weighted by atomic mass is 10.1. The summed E-state index contributed by atoms with van der Waals surface area (Å²) in [4.78, 5) is 46.5. The standard InChI is InChI=1S/C20H12ClF8N3O5/c21-15-8(20(27,28)29)5-7(19(24,25)26)6-11(15)31-18(37)32-17(36)14-9(22)1-2-10(16(14)23)30-12(33)3-4-13(34)35/h1-2,5-6H,3-4H2,(H,30,33)(H,34,35)(H2,31,32,36,37). The number of benzene rings is 2. The minimum absolute atomic E-state index is 0.0378. The Morgan fingerprint density at radius 3 is 2.03 bits per heavy atom. The number of rotatable bonds is 6. The van der Waals surface area contributed by atoms with Crippen LogP contribution in [0.25, 0.3) is 0 Å². The molecular weight excluding hydrogens is 550 g/mol. The van der Waals surface area contributed by atoms with Gasteiger partial charge in [0.25, 0.3) is 5.91 Å². The number of hydrogen-bond acceptors (Lipinski definition) is 4. The van der Waals surface area contributed by atoms with Gasteiger partial charge in [0.05, 0.1) is 33.9 Å². The number of carboxylic acids is 1. The van der Waals surface area contributed by atoms with Crippen molar-refractivity contribution in [1.29, 1.82) is 0 Å². The summed E-state index contributed by atoms with van der Waals surface area (Å²) in [5.41, 5.74) is -7.30. The van der Waals surface area contributed by atoms with E-state index >= 15 is 0 Å². The predicted molar refractivity (Wildman–Crippen MR) is 110 cm³/mol. The molecule has 8 nitrogen and oxygen atoms in total. The number of carboxylic acid groups (broad SMARTS) is 1. The van der Waals surface area contributed by atoms with Crippen molar-refractivity contribution in [2.45, 2.75) is 25.2 Å². The second-order valence-corrected chi connectivity index (χ2v) is 7.39. The second kappa shape index (κ2) is 11.0. The topological polar surface area (TPSA) is 125 Å². The second-order valence-electron chi connectivity index (χ2n) is 7.01. The third-order valence-corrected chi connectivity index (χ3v) is 4.75. The summed E-state index contributed by atoms with van der Waals surface area (Å²) in [6, 6.07) is -0.925. The quantitative estimate of drug-likeness (QED) is 0.351. The summed E-state index contributed by atoms with van der Waals surface area (Å²) in [6.45, 7) is 0. The SMILES string of the molecule is O=C(O)CCC(=O)Nc1ccc(F)c(C(=O)NC(=O)Nc2cc(C(F)(F)F)cc(C(F)(F)F)c2Cl)c1F. The third-order valence-electron chi connectivity index (χ3n) is 4.34. The van der Waals surface area contributed by atoms with Crippen LogP contribution in [0, 0.1) is 11.6 Å². The lowest BCUT2D eigenvalue weighted by Crippen LogP contribution is -2.36. The number of alkyl halides is 6. The molecule has 0 saturated heterocycles. The molecule has 0 aliphatic heterocycles. The Bertz CT molecular complexity index is 1260. The molecule has 0 bridgehead atoms. The van der Waals surface area contributed by atoms with Gasteiger partial charge in [-0.2, -0.15) is 26.3 Å². The molecule has 37 heavy (non-hydrogen) atoms. The van der Waals surface area contributed by atoms with Crippen LogP contribution in [-0.2, 0) is 21.9 Å². The van der Waals surface area contributed by atoms with Gasteiger partial charge >= 0.3 is 24.4 Å². The van der Waals surface area contributed by atoms with Crippen molar-refractivity contribution in [2.24, 2.45) is 0 Å². The fraction of sp³-hybridized carbons (Fsp3) is 0.200. The van der Waals surface area contributed by atoms with Crippen LogP contribution in [-0.4, -0.2) is 28.9 Å². The zero-order valence-corrected chi connectivity index (χ0v) is 18.5. The smallest absolute Gasteiger partial charge is 0.417 e. The van der Waals surface area contributed by atoms with Crippen molar-refractivity contribution in [3.05, 3.63) is 57.6 Å². The molecule has 0 radical (unpaired) electrons. The zero-order chi connectivity index (χ0) is 28.3. The Morgan fingerprint density at radius 2 is 1.49 bits per heavy atom. The highest BCUT2D eigenvalue weighted by molar-refractivity contribution is 6.34. The Hall–Kier alpha value is -3.95. The van der Waals surface area contributed by atoms with E-state index in [4.69, 9.17) is 16.7 Å². The van der Waals surface area contributed by atoms with Crippen LogP contribution < -0.4 is 16.0 Å². The summed E-state index contributed by atoms with van der Waals surface area (Å²) < 4.78 is 107. The molecule has 0 aliphatic carbocycles. The number of amides is 4. The maximum Gasteiger partial charge on any atom is 0.417 e. The summed E-state index contributed by atoms with van der Waals surface area (Å²) >= 11 is 5.47. The normalized spacial score (nSPS) is 11.6. The minimum atomic E-state index is -5.37. The lowest BCUT2D eigenvalue weighted by molar-refractivity contribution is -0.143. The molecule has 0 atom stereocenters. The van der Waals surface area contributed by atoms with Crippen LogP contribution in [0.3, 0.4) is 0 Å². The Labute approximate surface area is 205 Å². The Balaban J connectivity index is 2.30. The van der Waals surface area contributed by atoms with Gasteiger partial charge in [0.1, 0.15) is 11.4 Å². The third kappa shape index (κ3) is 7.52. The molecule has 200 valence electrons. The summed E-state index contributed by atoms with van der Waals surface area (Å²) in [5, 5.41) is 11.8. The number of aliphatic carboxylic acids is 1. The van der Waals surface area contributed by atoms with Gasteiger partial charge < -0.3 is 15.7 Å². The largest absolute Gasteiger partial charge is 0.481 e. The summed E-state index contributed by atoms with van der Waals surface area (Å²) in [7, 11) is 0. The van der Waals surface area contributed by atoms with Crippen LogP contribution >= 0.6 is 11.6 Å². The number of imide groups is 1. The fourth-order valence-electron chi connectivity index (χ4n) is 2.69. The molecule has 0 unspecified atom stereocenters. The first kappa shape index (κ1) is 29.3. The van der Waals surface area contributed by atoms with Crippen molar-refractivity contribution < 1.29 is 59.4 Å². The van der Waals surface area contributed by atoms with E-state index in [-0.39, 0.29) is 12.1 Å². The van der Waals surface area contributed by atoms with E-state index in [9.17, 15) is 54.3 Å². The van der Waals surface area contributed by atoms with Crippen LogP contribution in [0.2, 0.25) is 5.02 Å². The van der Waals surface area contributed by atoms with E-state index in [1.165, 1.54) is 10.6 Å². The van der Waals surface area contributed by atoms with Gasteiger partial charge in [-0.15, -0.1) is 0 Å². The molecule has 0 fully saturated rings. The first-order valence-electron chi connectivity index (χ1n) is 9.51. The van der Waals surface area contributed by atoms with Crippen molar-refractivity contribution in [3.8, 4) is 0 Å². The number of hydrogen-bond donors (Lipinski definition) is 4. The number of anilines is 2. The van der Waals surface area contributed by atoms with Crippen molar-refractivity contribution in [2.75, 3.05) is 10.6 Å². The number of carbonyl (C=O) groups is 4. The minimum Gasteiger partial charge on any atom is -0.481 e. The van der Waals surface area contributed by atoms with E-state index in [2.05, 4.69) is 0 Å². The molecule has 2 aromatic rings. The van der Waals surface area contributed by atoms with Gasteiger partial charge in [-0.3, -0.25) is 19.7 Å². The van der Waals surface area contributed by atoms with Crippen molar-refractivity contribution in [3.63, 3.8) is 0 Å². The fourth-order valence-corrected chi connectivity index (χ4v) is 2.96. The molecule has 0 saturated carbocycles. The molecule has 0 aliphatic rings. The van der Waals surface area contributed by atoms with Gasteiger partial charge in [0, 0.05) is 6.42 Å². The molecule has 0 heterocycles. The van der Waals surface area contributed by atoms with Crippen LogP contribution in [0.15, 0.2) is 24.3 Å². The molecule has 4 amide bonds. The Morgan fingerprint density at radius 1 is 0.865 bits per heavy atom. The van der Waals surface area contributed by atoms with Crippen LogP contribution in [0.1, 0.15) is 34.3 Å². The summed E-state index contributed by atoms with van der Waals surface area (Å²) in [6.07, 6.45) is -11.9. The Kier molecular flexibility index (Phi) is 8.69. The average molecular weight is 562 g/mol. The first-order valence-corrected chi connectivity index (χ1v) is 9.89. The maximum atomic E-state index is 14.6. The number of nitrogens with one attached hydrogen (secondary N) is 3. The number of urea groups is 1. The number of halogens is 9. The molecule has 4 N–H and O–H groups in total. The van der Waals surface area contributed by atoms with Gasteiger partial charge in [-0.1, -0.05) is 11.6 Å². The van der Waals surface area contributed by atoms with Crippen LogP contribution in [0.5, 0.6) is 0 Å². The van der Waals surface area contributed by atoms with E-state index in [1.807, 2.05) is 5.32 Å². The van der Waals surface area contributed by atoms with E-state index in [0.29, 0.717) is 12.1 Å². The average Bonchev–Trinajstić information content (AvgIpc) is 2.74.